The number of hydrogen-bond acceptors (Lipinski definition) is 4. The standard InChI is InChI=1S/C23H19Br2N3O3/c1-2-31-20-11-9-16(25)13-18(20)21-26-19-10-8-15(24)12-17(19)23(30)28(21)27-22(29)14-6-4-3-5-7-14/h3-13,21,26H,2H2,1H3,(H,27,29)/t21-/m1/s1. The predicted octanol–water partition coefficient (Wildman–Crippen LogP) is 5.52. The first-order valence-electron chi connectivity index (χ1n) is 9.66. The Morgan fingerprint density at radius 2 is 1.77 bits per heavy atom. The molecule has 158 valence electrons. The smallest absolute Gasteiger partial charge is 0.276 e. The monoisotopic (exact) mass is 543 g/mol. The molecule has 31 heavy (non-hydrogen) atoms. The van der Waals surface area contributed by atoms with Crippen LogP contribution in [0.25, 0.3) is 0 Å². The van der Waals surface area contributed by atoms with Crippen LogP contribution in [0.15, 0.2) is 75.7 Å². The van der Waals surface area contributed by atoms with Gasteiger partial charge in [0, 0.05) is 25.8 Å². The zero-order valence-electron chi connectivity index (χ0n) is 16.6. The van der Waals surface area contributed by atoms with Crippen molar-refractivity contribution < 1.29 is 14.3 Å². The van der Waals surface area contributed by atoms with Crippen LogP contribution in [0, 0.1) is 0 Å². The quantitative estimate of drug-likeness (QED) is 0.443. The van der Waals surface area contributed by atoms with Gasteiger partial charge in [0.15, 0.2) is 6.17 Å². The SMILES string of the molecule is CCOc1ccc(Br)cc1[C@@H]1Nc2ccc(Br)cc2C(=O)N1NC(=O)c1ccccc1. The Bertz CT molecular complexity index is 1140. The largest absolute Gasteiger partial charge is 0.493 e. The minimum atomic E-state index is -0.673. The molecule has 1 heterocycles. The number of benzene rings is 3. The number of amides is 2. The molecule has 0 aromatic heterocycles. The van der Waals surface area contributed by atoms with Crippen LogP contribution in [0.5, 0.6) is 5.75 Å². The van der Waals surface area contributed by atoms with Gasteiger partial charge in [0.1, 0.15) is 5.75 Å². The van der Waals surface area contributed by atoms with E-state index in [0.717, 1.165) is 8.95 Å². The maximum Gasteiger partial charge on any atom is 0.276 e. The summed E-state index contributed by atoms with van der Waals surface area (Å²) < 4.78 is 7.41. The molecular formula is C23H19Br2N3O3. The van der Waals surface area contributed by atoms with Gasteiger partial charge in [-0.3, -0.25) is 15.0 Å². The lowest BCUT2D eigenvalue weighted by atomic mass is 10.0. The average molecular weight is 545 g/mol. The Kier molecular flexibility index (Phi) is 6.29. The summed E-state index contributed by atoms with van der Waals surface area (Å²) in [7, 11) is 0. The third-order valence-corrected chi connectivity index (χ3v) is 5.79. The van der Waals surface area contributed by atoms with Crippen molar-refractivity contribution in [1.29, 1.82) is 0 Å². The van der Waals surface area contributed by atoms with Crippen molar-refractivity contribution in [3.8, 4) is 5.75 Å². The summed E-state index contributed by atoms with van der Waals surface area (Å²) in [4.78, 5) is 26.4. The van der Waals surface area contributed by atoms with Crippen LogP contribution < -0.4 is 15.5 Å². The first-order valence-corrected chi connectivity index (χ1v) is 11.2. The molecular weight excluding hydrogens is 526 g/mol. The third kappa shape index (κ3) is 4.45. The first-order chi connectivity index (χ1) is 15.0. The van der Waals surface area contributed by atoms with E-state index in [9.17, 15) is 9.59 Å². The van der Waals surface area contributed by atoms with Crippen LogP contribution in [0.4, 0.5) is 5.69 Å². The van der Waals surface area contributed by atoms with Gasteiger partial charge in [-0.2, -0.15) is 0 Å². The van der Waals surface area contributed by atoms with Gasteiger partial charge in [-0.25, -0.2) is 5.01 Å². The van der Waals surface area contributed by atoms with Gasteiger partial charge < -0.3 is 10.1 Å². The van der Waals surface area contributed by atoms with Crippen LogP contribution in [0.1, 0.15) is 39.4 Å². The molecule has 6 nitrogen and oxygen atoms in total. The van der Waals surface area contributed by atoms with E-state index in [2.05, 4.69) is 42.6 Å². The number of nitrogens with zero attached hydrogens (tertiary/aromatic N) is 1. The lowest BCUT2D eigenvalue weighted by Gasteiger charge is -2.38. The predicted molar refractivity (Wildman–Crippen MR) is 126 cm³/mol. The minimum Gasteiger partial charge on any atom is -0.493 e. The van der Waals surface area contributed by atoms with Gasteiger partial charge in [0.2, 0.25) is 0 Å². The molecule has 3 aromatic carbocycles. The van der Waals surface area contributed by atoms with Crippen molar-refractivity contribution in [1.82, 2.24) is 10.4 Å². The molecule has 0 spiro atoms. The molecule has 4 rings (SSSR count). The van der Waals surface area contributed by atoms with Gasteiger partial charge in [-0.1, -0.05) is 50.1 Å². The lowest BCUT2D eigenvalue weighted by molar-refractivity contribution is 0.0488. The van der Waals surface area contributed by atoms with E-state index in [0.29, 0.717) is 34.7 Å². The molecule has 0 saturated carbocycles. The van der Waals surface area contributed by atoms with E-state index in [1.807, 2.05) is 43.3 Å². The molecule has 0 bridgehead atoms. The Hall–Kier alpha value is -2.84. The number of nitrogens with one attached hydrogen (secondary N) is 2. The number of hydrogen-bond donors (Lipinski definition) is 2. The van der Waals surface area contributed by atoms with Crippen molar-refractivity contribution >= 4 is 49.4 Å². The summed E-state index contributed by atoms with van der Waals surface area (Å²) in [6.07, 6.45) is -0.673. The Morgan fingerprint density at radius 1 is 1.06 bits per heavy atom. The molecule has 1 aliphatic heterocycles. The van der Waals surface area contributed by atoms with Crippen LogP contribution in [0.2, 0.25) is 0 Å². The van der Waals surface area contributed by atoms with Crippen molar-refractivity contribution in [2.24, 2.45) is 0 Å². The van der Waals surface area contributed by atoms with Crippen LogP contribution in [-0.2, 0) is 0 Å². The van der Waals surface area contributed by atoms with E-state index in [1.54, 1.807) is 30.3 Å². The highest BCUT2D eigenvalue weighted by Crippen LogP contribution is 2.38. The highest BCUT2D eigenvalue weighted by atomic mass is 79.9. The number of fused-ring (bicyclic) bond motifs is 1. The summed E-state index contributed by atoms with van der Waals surface area (Å²) in [5, 5.41) is 4.69. The number of halogens is 2. The number of carbonyl (C=O) groups excluding carboxylic acids is 2. The first kappa shape index (κ1) is 21.4. The number of hydrazine groups is 1. The fourth-order valence-electron chi connectivity index (χ4n) is 3.39. The Balaban J connectivity index is 1.79. The van der Waals surface area contributed by atoms with Crippen LogP contribution >= 0.6 is 31.9 Å². The normalized spacial score (nSPS) is 15.1. The van der Waals surface area contributed by atoms with E-state index in [1.165, 1.54) is 5.01 Å². The number of carbonyl (C=O) groups is 2. The van der Waals surface area contributed by atoms with Crippen molar-refractivity contribution in [2.75, 3.05) is 11.9 Å². The number of anilines is 1. The molecule has 0 saturated heterocycles. The highest BCUT2D eigenvalue weighted by Gasteiger charge is 2.36. The molecule has 1 aliphatic rings. The van der Waals surface area contributed by atoms with Gasteiger partial charge in [-0.15, -0.1) is 0 Å². The highest BCUT2D eigenvalue weighted by molar-refractivity contribution is 9.10. The van der Waals surface area contributed by atoms with E-state index in [4.69, 9.17) is 4.74 Å². The molecule has 0 unspecified atom stereocenters. The lowest BCUT2D eigenvalue weighted by Crippen LogP contribution is -2.53. The average Bonchev–Trinajstić information content (AvgIpc) is 2.78. The second-order valence-corrected chi connectivity index (χ2v) is 8.67. The van der Waals surface area contributed by atoms with Gasteiger partial charge in [0.05, 0.1) is 12.2 Å². The fraction of sp³-hybridized carbons (Fsp3) is 0.130. The van der Waals surface area contributed by atoms with E-state index < -0.39 is 6.17 Å². The van der Waals surface area contributed by atoms with Gasteiger partial charge >= 0.3 is 0 Å². The molecule has 1 atom stereocenters. The number of ether oxygens (including phenoxy) is 1. The van der Waals surface area contributed by atoms with Crippen molar-refractivity contribution in [2.45, 2.75) is 13.1 Å². The molecule has 0 fully saturated rings. The molecule has 3 aromatic rings. The maximum absolute atomic E-state index is 13.5. The van der Waals surface area contributed by atoms with Crippen molar-refractivity contribution in [3.63, 3.8) is 0 Å². The van der Waals surface area contributed by atoms with E-state index >= 15 is 0 Å². The summed E-state index contributed by atoms with van der Waals surface area (Å²) in [5.74, 6) is -0.0885. The molecule has 8 heteroatoms. The summed E-state index contributed by atoms with van der Waals surface area (Å²) in [6.45, 7) is 2.36. The zero-order valence-corrected chi connectivity index (χ0v) is 19.7. The Labute approximate surface area is 196 Å². The van der Waals surface area contributed by atoms with Gasteiger partial charge in [0.25, 0.3) is 11.8 Å². The molecule has 0 aliphatic carbocycles. The summed E-state index contributed by atoms with van der Waals surface area (Å²) >= 11 is 6.91. The maximum atomic E-state index is 13.5. The summed E-state index contributed by atoms with van der Waals surface area (Å²) in [6, 6.07) is 19.8. The summed E-state index contributed by atoms with van der Waals surface area (Å²) in [5.41, 5.74) is 5.07. The zero-order chi connectivity index (χ0) is 22.0. The van der Waals surface area contributed by atoms with Gasteiger partial charge in [-0.05, 0) is 55.5 Å². The van der Waals surface area contributed by atoms with Crippen LogP contribution in [-0.4, -0.2) is 23.4 Å². The van der Waals surface area contributed by atoms with Crippen molar-refractivity contribution in [3.05, 3.63) is 92.4 Å². The number of rotatable bonds is 5. The molecule has 2 N–H and O–H groups in total. The second-order valence-electron chi connectivity index (χ2n) is 6.83. The second kappa shape index (κ2) is 9.11. The Morgan fingerprint density at radius 3 is 2.52 bits per heavy atom. The third-order valence-electron chi connectivity index (χ3n) is 4.81. The topological polar surface area (TPSA) is 70.7 Å². The van der Waals surface area contributed by atoms with E-state index in [-0.39, 0.29) is 11.8 Å². The minimum absolute atomic E-state index is 0.327. The fourth-order valence-corrected chi connectivity index (χ4v) is 4.13. The molecule has 0 radical (unpaired) electrons. The van der Waals surface area contributed by atoms with Crippen LogP contribution in [0.3, 0.4) is 0 Å². The molecule has 2 amide bonds.